The second-order valence-electron chi connectivity index (χ2n) is 22.2. The van der Waals surface area contributed by atoms with Gasteiger partial charge in [0, 0.05) is 38.8 Å². The first-order chi connectivity index (χ1) is 39.0. The number of nitrogens with zero attached hydrogens (tertiary/aromatic N) is 2. The smallest absolute Gasteiger partial charge is 0.303 e. The number of phenolic OH excluding ortho intramolecular Hbond substituents is 1. The highest BCUT2D eigenvalue weighted by Crippen LogP contribution is 2.31. The van der Waals surface area contributed by atoms with Crippen LogP contribution in [0.1, 0.15) is 142 Å². The number of amides is 9. The molecule has 0 spiro atoms. The number of fused-ring (bicyclic) bond motifs is 2. The van der Waals surface area contributed by atoms with Crippen LogP contribution in [-0.2, 0) is 47.9 Å². The molecule has 83 heavy (non-hydrogen) atoms. The molecular formula is C54H85N9O20. The van der Waals surface area contributed by atoms with Crippen molar-refractivity contribution in [2.75, 3.05) is 18.4 Å². The van der Waals surface area contributed by atoms with Crippen molar-refractivity contribution in [2.45, 2.75) is 216 Å². The minimum absolute atomic E-state index is 0.112. The number of aliphatic hydroxyl groups is 8. The van der Waals surface area contributed by atoms with Crippen molar-refractivity contribution < 1.29 is 99.0 Å². The number of nitrogens with two attached hydrogens (primary N) is 1. The van der Waals surface area contributed by atoms with Gasteiger partial charge in [-0.3, -0.25) is 47.9 Å². The van der Waals surface area contributed by atoms with E-state index in [4.69, 9.17) is 10.8 Å². The van der Waals surface area contributed by atoms with E-state index in [0.29, 0.717) is 34.5 Å². The Hall–Kier alpha value is -6.60. The molecule has 3 fully saturated rings. The first-order valence-electron chi connectivity index (χ1n) is 28.2. The van der Waals surface area contributed by atoms with Crippen LogP contribution in [-0.4, -0.2) is 212 Å². The maximum absolute atomic E-state index is 14.6. The first kappa shape index (κ1) is 68.9. The molecule has 3 aliphatic heterocycles. The number of aliphatic hydroxyl groups excluding tert-OH is 8. The summed E-state index contributed by atoms with van der Waals surface area (Å²) in [6, 6.07) is -9.66. The van der Waals surface area contributed by atoms with Crippen LogP contribution >= 0.6 is 0 Å². The number of nitrogens with one attached hydrogen (secondary N) is 6. The van der Waals surface area contributed by atoms with E-state index in [2.05, 4.69) is 47.4 Å². The average molecular weight is 1180 g/mol. The summed E-state index contributed by atoms with van der Waals surface area (Å²) in [6.07, 6.45) is -12.6. The number of primary amides is 1. The predicted octanol–water partition coefficient (Wildman–Crippen LogP) is -3.54. The second-order valence-corrected chi connectivity index (χ2v) is 22.2. The SMILES string of the molecule is CCC(C)CC(C)CCCCCCCCC(=O)NC1C[C@@H](O)[C@@H](O)NC(=O)[C@@H]2[C@@H](O)CCN2C(=O)[C@H]([C@@H](O)CC(N)=O)NC(=O)[C@H]([C@H](O)[C@@H](O)c2ccc(O)c(NC(=O)CCC(=O)O)c2)NC(=O)[C@@H]2C[C@@H](O)CN2C(=O)[C@H]([C@H](C)O)NC1=O. The Kier molecular flexibility index (Phi) is 26.9. The van der Waals surface area contributed by atoms with Crippen LogP contribution in [0.3, 0.4) is 0 Å². The topological polar surface area (TPSA) is 478 Å². The van der Waals surface area contributed by atoms with E-state index in [0.717, 1.165) is 70.1 Å². The van der Waals surface area contributed by atoms with E-state index in [1.165, 1.54) is 0 Å². The number of carbonyl (C=O) groups is 10. The summed E-state index contributed by atoms with van der Waals surface area (Å²) < 4.78 is 0. The van der Waals surface area contributed by atoms with E-state index >= 15 is 0 Å². The molecule has 29 heteroatoms. The molecule has 0 saturated carbocycles. The van der Waals surface area contributed by atoms with Gasteiger partial charge in [-0.2, -0.15) is 0 Å². The van der Waals surface area contributed by atoms with Crippen LogP contribution in [0.5, 0.6) is 5.75 Å². The Morgan fingerprint density at radius 2 is 1.34 bits per heavy atom. The third-order valence-corrected chi connectivity index (χ3v) is 15.3. The molecule has 9 amide bonds. The molecule has 0 radical (unpaired) electrons. The zero-order chi connectivity index (χ0) is 62.0. The summed E-state index contributed by atoms with van der Waals surface area (Å²) >= 11 is 0. The van der Waals surface area contributed by atoms with Crippen LogP contribution in [0.2, 0.25) is 0 Å². The van der Waals surface area contributed by atoms with Gasteiger partial charge in [-0.05, 0) is 55.7 Å². The number of benzene rings is 1. The number of phenols is 1. The molecule has 1 aromatic carbocycles. The summed E-state index contributed by atoms with van der Waals surface area (Å²) in [6.45, 7) is 6.56. The van der Waals surface area contributed by atoms with Crippen molar-refractivity contribution in [3.63, 3.8) is 0 Å². The van der Waals surface area contributed by atoms with Gasteiger partial charge in [-0.15, -0.1) is 0 Å². The lowest BCUT2D eigenvalue weighted by Gasteiger charge is -2.34. The quantitative estimate of drug-likeness (QED) is 0.0352. The Balaban J connectivity index is 1.73. The summed E-state index contributed by atoms with van der Waals surface area (Å²) in [7, 11) is 0. The van der Waals surface area contributed by atoms with Gasteiger partial charge in [0.15, 0.2) is 6.23 Å². The van der Waals surface area contributed by atoms with Crippen molar-refractivity contribution in [2.24, 2.45) is 17.6 Å². The van der Waals surface area contributed by atoms with Gasteiger partial charge >= 0.3 is 5.97 Å². The van der Waals surface area contributed by atoms with Crippen LogP contribution in [0.15, 0.2) is 18.2 Å². The number of rotatable bonds is 24. The molecular weight excluding hydrogens is 1090 g/mol. The van der Waals surface area contributed by atoms with E-state index in [1.54, 1.807) is 0 Å². The van der Waals surface area contributed by atoms with Gasteiger partial charge in [0.05, 0.1) is 42.9 Å². The Bertz CT molecular complexity index is 2430. The molecule has 3 aliphatic rings. The zero-order valence-electron chi connectivity index (χ0n) is 47.2. The summed E-state index contributed by atoms with van der Waals surface area (Å²) in [5, 5.41) is 123. The molecule has 4 rings (SSSR count). The number of anilines is 1. The monoisotopic (exact) mass is 1180 g/mol. The highest BCUT2D eigenvalue weighted by atomic mass is 16.4. The highest BCUT2D eigenvalue weighted by molar-refractivity contribution is 5.99. The van der Waals surface area contributed by atoms with Crippen LogP contribution in [0, 0.1) is 11.8 Å². The van der Waals surface area contributed by atoms with Crippen molar-refractivity contribution in [1.29, 1.82) is 0 Å². The number of hydrogen-bond donors (Lipinski definition) is 17. The van der Waals surface area contributed by atoms with Crippen molar-refractivity contribution >= 4 is 64.8 Å². The lowest BCUT2D eigenvalue weighted by molar-refractivity contribution is -0.149. The molecule has 466 valence electrons. The number of carbonyl (C=O) groups excluding carboxylic acids is 9. The van der Waals surface area contributed by atoms with Gasteiger partial charge in [-0.1, -0.05) is 71.8 Å². The lowest BCUT2D eigenvalue weighted by Crippen LogP contribution is -2.64. The van der Waals surface area contributed by atoms with Gasteiger partial charge in [0.1, 0.15) is 60.3 Å². The molecule has 3 saturated heterocycles. The Labute approximate surface area is 480 Å². The number of hydrogen-bond acceptors (Lipinski definition) is 19. The van der Waals surface area contributed by atoms with Crippen LogP contribution in [0.25, 0.3) is 0 Å². The molecule has 16 atom stereocenters. The highest BCUT2D eigenvalue weighted by Gasteiger charge is 2.49. The fourth-order valence-electron chi connectivity index (χ4n) is 10.4. The molecule has 18 N–H and O–H groups in total. The Morgan fingerprint density at radius 1 is 0.711 bits per heavy atom. The summed E-state index contributed by atoms with van der Waals surface area (Å²) in [5.41, 5.74) is 4.53. The molecule has 0 aromatic heterocycles. The molecule has 3 heterocycles. The molecule has 0 aliphatic carbocycles. The molecule has 3 unspecified atom stereocenters. The van der Waals surface area contributed by atoms with E-state index < -0.39 is 207 Å². The minimum Gasteiger partial charge on any atom is -0.506 e. The summed E-state index contributed by atoms with van der Waals surface area (Å²) in [4.78, 5) is 137. The van der Waals surface area contributed by atoms with Crippen molar-refractivity contribution in [1.82, 2.24) is 36.4 Å². The second kappa shape index (κ2) is 32.5. The fraction of sp³-hybridized carbons (Fsp3) is 0.704. The van der Waals surface area contributed by atoms with Crippen molar-refractivity contribution in [3.8, 4) is 5.75 Å². The van der Waals surface area contributed by atoms with Gasteiger partial charge in [0.25, 0.3) is 0 Å². The maximum atomic E-state index is 14.6. The van der Waals surface area contributed by atoms with Crippen molar-refractivity contribution in [3.05, 3.63) is 23.8 Å². The lowest BCUT2D eigenvalue weighted by atomic mass is 9.91. The third-order valence-electron chi connectivity index (χ3n) is 15.3. The molecule has 1 aromatic rings. The maximum Gasteiger partial charge on any atom is 0.303 e. The van der Waals surface area contributed by atoms with Gasteiger partial charge in [0.2, 0.25) is 53.2 Å². The number of aromatic hydroxyl groups is 1. The molecule has 0 bridgehead atoms. The number of carboxylic acids is 1. The standard InChI is InChI=1S/C54H85N9O20/c1-5-26(2)20-27(3)12-10-8-6-7-9-11-13-39(71)57-32-23-37(69)50(79)61-52(81)45-35(67)18-19-62(45)54(83)43(36(68)24-38(55)70)59-51(80)44(47(76)46(75)29-14-15-34(66)31(21-29)56-40(72)16-17-41(73)74)60-49(78)33-22-30(65)25-63(33)53(82)42(28(4)64)58-48(32)77/h14-15,21,26-28,30,32-33,35-37,42-47,50,64-69,75-76,79H,5-13,16-20,22-25H2,1-4H3,(H2,55,70)(H,56,72)(H,57,71)(H,58,77)(H,59,80)(H,60,78)(H,61,81)(H,73,74)/t26?,27?,28-,30+,32?,33-,35-,36-,37+,42-,43-,44-,45-,46-,47-,50+/m0/s1. The predicted molar refractivity (Wildman–Crippen MR) is 291 cm³/mol. The number of unbranched alkanes of at least 4 members (excludes halogenated alkanes) is 5. The minimum atomic E-state index is -2.57. The summed E-state index contributed by atoms with van der Waals surface area (Å²) in [5.74, 6) is -11.7. The molecule has 29 nitrogen and oxygen atoms in total. The van der Waals surface area contributed by atoms with E-state index in [9.17, 15) is 93.9 Å². The van der Waals surface area contributed by atoms with E-state index in [-0.39, 0.29) is 12.8 Å². The third kappa shape index (κ3) is 20.3. The zero-order valence-corrected chi connectivity index (χ0v) is 47.2. The largest absolute Gasteiger partial charge is 0.506 e. The average Bonchev–Trinajstić information content (AvgIpc) is 4.08. The van der Waals surface area contributed by atoms with E-state index in [1.807, 2.05) is 5.32 Å². The van der Waals surface area contributed by atoms with Crippen LogP contribution < -0.4 is 37.6 Å². The van der Waals surface area contributed by atoms with Gasteiger partial charge < -0.3 is 98.5 Å². The number of carboxylic acid groups (broad SMARTS) is 1. The first-order valence-corrected chi connectivity index (χ1v) is 28.2. The fourth-order valence-corrected chi connectivity index (χ4v) is 10.4. The van der Waals surface area contributed by atoms with Crippen LogP contribution in [0.4, 0.5) is 5.69 Å². The Morgan fingerprint density at radius 3 is 1.98 bits per heavy atom. The number of aliphatic carboxylic acids is 1. The normalized spacial score (nSPS) is 27.2. The van der Waals surface area contributed by atoms with Gasteiger partial charge in [-0.25, -0.2) is 0 Å².